The molecule has 7 nitrogen and oxygen atoms in total. The molecule has 8 heteroatoms. The lowest BCUT2D eigenvalue weighted by atomic mass is 10.2. The molecule has 2 aromatic heterocycles. The Labute approximate surface area is 180 Å². The lowest BCUT2D eigenvalue weighted by molar-refractivity contribution is -0.116. The zero-order chi connectivity index (χ0) is 21.1. The summed E-state index contributed by atoms with van der Waals surface area (Å²) in [5.41, 5.74) is 2.71. The third-order valence-corrected chi connectivity index (χ3v) is 5.02. The van der Waals surface area contributed by atoms with E-state index in [9.17, 15) is 9.59 Å². The van der Waals surface area contributed by atoms with Crippen molar-refractivity contribution < 1.29 is 9.32 Å². The SMILES string of the molecule is Cc1ccccc1NC(=O)Cn1cc(-c2nc(-c3ccc(Br)cc3)no2)ccc1=O. The Hall–Kier alpha value is -3.52. The number of anilines is 1. The first-order valence-corrected chi connectivity index (χ1v) is 9.95. The summed E-state index contributed by atoms with van der Waals surface area (Å²) in [6, 6.07) is 17.9. The minimum absolute atomic E-state index is 0.130. The van der Waals surface area contributed by atoms with E-state index in [0.717, 1.165) is 15.6 Å². The van der Waals surface area contributed by atoms with Crippen LogP contribution < -0.4 is 10.9 Å². The maximum Gasteiger partial charge on any atom is 0.259 e. The Kier molecular flexibility index (Phi) is 5.58. The van der Waals surface area contributed by atoms with E-state index in [1.165, 1.54) is 10.6 Å². The number of pyridine rings is 1. The number of aryl methyl sites for hydroxylation is 1. The number of aromatic nitrogens is 3. The van der Waals surface area contributed by atoms with E-state index in [1.807, 2.05) is 55.5 Å². The number of nitrogens with one attached hydrogen (secondary N) is 1. The van der Waals surface area contributed by atoms with Crippen molar-refractivity contribution in [2.24, 2.45) is 0 Å². The molecular formula is C22H17BrN4O3. The second kappa shape index (κ2) is 8.46. The van der Waals surface area contributed by atoms with Gasteiger partial charge >= 0.3 is 0 Å². The summed E-state index contributed by atoms with van der Waals surface area (Å²) in [5.74, 6) is 0.401. The smallest absolute Gasteiger partial charge is 0.259 e. The first-order chi connectivity index (χ1) is 14.5. The maximum atomic E-state index is 12.4. The molecule has 0 saturated heterocycles. The summed E-state index contributed by atoms with van der Waals surface area (Å²) in [7, 11) is 0. The van der Waals surface area contributed by atoms with Crippen LogP contribution in [0.3, 0.4) is 0 Å². The number of carbonyl (C=O) groups is 1. The van der Waals surface area contributed by atoms with Crippen molar-refractivity contribution in [3.8, 4) is 22.8 Å². The van der Waals surface area contributed by atoms with E-state index in [4.69, 9.17) is 4.52 Å². The van der Waals surface area contributed by atoms with Crippen LogP contribution in [0.2, 0.25) is 0 Å². The standard InChI is InChI=1S/C22H17BrN4O3/c1-14-4-2-3-5-18(14)24-19(28)13-27-12-16(8-11-20(27)29)22-25-21(26-30-22)15-6-9-17(23)10-7-15/h2-12H,13H2,1H3,(H,24,28). The molecule has 4 aromatic rings. The first-order valence-electron chi connectivity index (χ1n) is 9.15. The Morgan fingerprint density at radius 1 is 1.07 bits per heavy atom. The van der Waals surface area contributed by atoms with E-state index < -0.39 is 0 Å². The van der Waals surface area contributed by atoms with Crippen LogP contribution in [0.15, 0.2) is 80.7 Å². The normalized spacial score (nSPS) is 10.7. The fourth-order valence-electron chi connectivity index (χ4n) is 2.90. The number of para-hydroxylation sites is 1. The van der Waals surface area contributed by atoms with Crippen molar-refractivity contribution in [3.05, 3.63) is 87.3 Å². The summed E-state index contributed by atoms with van der Waals surface area (Å²) < 4.78 is 7.62. The van der Waals surface area contributed by atoms with Gasteiger partial charge in [-0.05, 0) is 48.9 Å². The van der Waals surface area contributed by atoms with Gasteiger partial charge in [0.1, 0.15) is 6.54 Å². The van der Waals surface area contributed by atoms with Crippen molar-refractivity contribution in [3.63, 3.8) is 0 Å². The second-order valence-corrected chi connectivity index (χ2v) is 7.59. The summed E-state index contributed by atoms with van der Waals surface area (Å²) in [5, 5.41) is 6.82. The molecule has 0 spiro atoms. The van der Waals surface area contributed by atoms with Gasteiger partial charge in [0.05, 0.1) is 5.56 Å². The minimum atomic E-state index is -0.301. The summed E-state index contributed by atoms with van der Waals surface area (Å²) in [4.78, 5) is 29.1. The number of benzene rings is 2. The van der Waals surface area contributed by atoms with Crippen molar-refractivity contribution in [2.75, 3.05) is 5.32 Å². The number of hydrogen-bond donors (Lipinski definition) is 1. The molecule has 0 fully saturated rings. The number of hydrogen-bond acceptors (Lipinski definition) is 5. The Morgan fingerprint density at radius 3 is 2.57 bits per heavy atom. The fourth-order valence-corrected chi connectivity index (χ4v) is 3.16. The van der Waals surface area contributed by atoms with Crippen molar-refractivity contribution >= 4 is 27.5 Å². The zero-order valence-electron chi connectivity index (χ0n) is 16.0. The highest BCUT2D eigenvalue weighted by molar-refractivity contribution is 9.10. The van der Waals surface area contributed by atoms with Crippen LogP contribution in [0, 0.1) is 6.92 Å². The molecule has 0 aliphatic rings. The highest BCUT2D eigenvalue weighted by atomic mass is 79.9. The molecule has 0 unspecified atom stereocenters. The van der Waals surface area contributed by atoms with Gasteiger partial charge in [-0.1, -0.05) is 39.3 Å². The number of carbonyl (C=O) groups excluding carboxylic acids is 1. The topological polar surface area (TPSA) is 90.0 Å². The molecule has 0 aliphatic heterocycles. The third-order valence-electron chi connectivity index (χ3n) is 4.49. The summed E-state index contributed by atoms with van der Waals surface area (Å²) >= 11 is 3.39. The number of amides is 1. The summed E-state index contributed by atoms with van der Waals surface area (Å²) in [6.45, 7) is 1.77. The molecule has 0 aliphatic carbocycles. The lowest BCUT2D eigenvalue weighted by Crippen LogP contribution is -2.27. The molecule has 0 radical (unpaired) electrons. The van der Waals surface area contributed by atoms with Crippen LogP contribution in [0.5, 0.6) is 0 Å². The van der Waals surface area contributed by atoms with Gasteiger partial charge in [-0.25, -0.2) is 0 Å². The molecule has 2 aromatic carbocycles. The molecule has 4 rings (SSSR count). The predicted octanol–water partition coefficient (Wildman–Crippen LogP) is 4.27. The van der Waals surface area contributed by atoms with Gasteiger partial charge in [-0.2, -0.15) is 4.98 Å². The first kappa shape index (κ1) is 19.8. The average Bonchev–Trinajstić information content (AvgIpc) is 3.22. The van der Waals surface area contributed by atoms with Gasteiger partial charge < -0.3 is 14.4 Å². The highest BCUT2D eigenvalue weighted by Crippen LogP contribution is 2.23. The van der Waals surface area contributed by atoms with Crippen LogP contribution in [0.25, 0.3) is 22.8 Å². The Bertz CT molecular complexity index is 1260. The second-order valence-electron chi connectivity index (χ2n) is 6.68. The zero-order valence-corrected chi connectivity index (χ0v) is 17.6. The molecule has 1 amide bonds. The molecule has 2 heterocycles. The number of rotatable bonds is 5. The van der Waals surface area contributed by atoms with Gasteiger partial charge in [0.2, 0.25) is 11.7 Å². The third kappa shape index (κ3) is 4.38. The van der Waals surface area contributed by atoms with Gasteiger partial charge in [-0.3, -0.25) is 9.59 Å². The molecular weight excluding hydrogens is 448 g/mol. The van der Waals surface area contributed by atoms with E-state index >= 15 is 0 Å². The number of halogens is 1. The molecule has 0 atom stereocenters. The van der Waals surface area contributed by atoms with Crippen LogP contribution in [0.1, 0.15) is 5.56 Å². The van der Waals surface area contributed by atoms with Crippen molar-refractivity contribution in [2.45, 2.75) is 13.5 Å². The van der Waals surface area contributed by atoms with E-state index in [2.05, 4.69) is 31.4 Å². The number of nitrogens with zero attached hydrogens (tertiary/aromatic N) is 3. The van der Waals surface area contributed by atoms with Gasteiger partial charge in [-0.15, -0.1) is 0 Å². The fraction of sp³-hybridized carbons (Fsp3) is 0.0909. The van der Waals surface area contributed by atoms with E-state index in [-0.39, 0.29) is 23.9 Å². The summed E-state index contributed by atoms with van der Waals surface area (Å²) in [6.07, 6.45) is 1.54. The monoisotopic (exact) mass is 464 g/mol. The van der Waals surface area contributed by atoms with Crippen molar-refractivity contribution in [1.29, 1.82) is 0 Å². The Balaban J connectivity index is 1.55. The lowest BCUT2D eigenvalue weighted by Gasteiger charge is -2.10. The Morgan fingerprint density at radius 2 is 1.80 bits per heavy atom. The van der Waals surface area contributed by atoms with Crippen LogP contribution in [0.4, 0.5) is 5.69 Å². The van der Waals surface area contributed by atoms with Crippen LogP contribution in [-0.2, 0) is 11.3 Å². The minimum Gasteiger partial charge on any atom is -0.334 e. The molecule has 150 valence electrons. The van der Waals surface area contributed by atoms with Crippen LogP contribution in [-0.4, -0.2) is 20.6 Å². The molecule has 1 N–H and O–H groups in total. The van der Waals surface area contributed by atoms with E-state index in [0.29, 0.717) is 17.1 Å². The van der Waals surface area contributed by atoms with Gasteiger partial charge in [0.15, 0.2) is 0 Å². The molecule has 0 bridgehead atoms. The highest BCUT2D eigenvalue weighted by Gasteiger charge is 2.13. The molecule has 30 heavy (non-hydrogen) atoms. The quantitative estimate of drug-likeness (QED) is 0.476. The van der Waals surface area contributed by atoms with Crippen LogP contribution >= 0.6 is 15.9 Å². The maximum absolute atomic E-state index is 12.4. The van der Waals surface area contributed by atoms with Crippen molar-refractivity contribution in [1.82, 2.24) is 14.7 Å². The largest absolute Gasteiger partial charge is 0.334 e. The van der Waals surface area contributed by atoms with E-state index in [1.54, 1.807) is 12.3 Å². The van der Waals surface area contributed by atoms with Gasteiger partial charge in [0, 0.05) is 28.0 Å². The predicted molar refractivity (Wildman–Crippen MR) is 117 cm³/mol. The average molecular weight is 465 g/mol. The van der Waals surface area contributed by atoms with Gasteiger partial charge in [0.25, 0.3) is 11.4 Å². The molecule has 0 saturated carbocycles.